The van der Waals surface area contributed by atoms with Gasteiger partial charge in [-0.05, 0) is 44.9 Å². The standard InChI is InChI=1S/C16H23NO6/c1-15(2,3)23-14(20)17-16(21,13(18)19)10-9-11-5-7-12(22-4)8-6-11/h5-8,21H,9-10H2,1-4H3,(H,17,20)(H,18,19). The molecule has 0 aliphatic rings. The van der Waals surface area contributed by atoms with E-state index in [1.807, 2.05) is 5.32 Å². The molecule has 0 aliphatic heterocycles. The predicted octanol–water partition coefficient (Wildman–Crippen LogP) is 1.93. The second-order valence-corrected chi connectivity index (χ2v) is 6.14. The lowest BCUT2D eigenvalue weighted by Crippen LogP contribution is -2.55. The quantitative estimate of drug-likeness (QED) is 0.690. The first-order valence-corrected chi connectivity index (χ1v) is 7.15. The number of ether oxygens (including phenoxy) is 2. The van der Waals surface area contributed by atoms with E-state index in [1.54, 1.807) is 52.1 Å². The van der Waals surface area contributed by atoms with Crippen molar-refractivity contribution in [2.75, 3.05) is 7.11 Å². The van der Waals surface area contributed by atoms with E-state index < -0.39 is 23.4 Å². The summed E-state index contributed by atoms with van der Waals surface area (Å²) in [6.45, 7) is 4.93. The summed E-state index contributed by atoms with van der Waals surface area (Å²) in [6, 6.07) is 6.98. The van der Waals surface area contributed by atoms with Gasteiger partial charge in [0.25, 0.3) is 0 Å². The van der Waals surface area contributed by atoms with E-state index in [4.69, 9.17) is 9.47 Å². The van der Waals surface area contributed by atoms with E-state index in [1.165, 1.54) is 0 Å². The van der Waals surface area contributed by atoms with Crippen LogP contribution in [-0.4, -0.2) is 40.7 Å². The molecule has 0 bridgehead atoms. The molecule has 23 heavy (non-hydrogen) atoms. The minimum atomic E-state index is -2.40. The minimum absolute atomic E-state index is 0.200. The second-order valence-electron chi connectivity index (χ2n) is 6.14. The summed E-state index contributed by atoms with van der Waals surface area (Å²) < 4.78 is 10.0. The molecule has 7 heteroatoms. The van der Waals surface area contributed by atoms with Crippen LogP contribution in [0.25, 0.3) is 0 Å². The van der Waals surface area contributed by atoms with Crippen molar-refractivity contribution in [2.45, 2.75) is 44.9 Å². The highest BCUT2D eigenvalue weighted by Crippen LogP contribution is 2.17. The summed E-state index contributed by atoms with van der Waals surface area (Å²) in [7, 11) is 1.54. The van der Waals surface area contributed by atoms with Crippen LogP contribution in [0.3, 0.4) is 0 Å². The van der Waals surface area contributed by atoms with E-state index >= 15 is 0 Å². The molecule has 0 heterocycles. The maximum atomic E-state index is 11.7. The van der Waals surface area contributed by atoms with Crippen molar-refractivity contribution in [2.24, 2.45) is 0 Å². The van der Waals surface area contributed by atoms with Crippen LogP contribution in [0.2, 0.25) is 0 Å². The smallest absolute Gasteiger partial charge is 0.410 e. The first-order valence-electron chi connectivity index (χ1n) is 7.15. The fraction of sp³-hybridized carbons (Fsp3) is 0.500. The zero-order chi connectivity index (χ0) is 17.7. The van der Waals surface area contributed by atoms with Crippen LogP contribution in [0.4, 0.5) is 4.79 Å². The Labute approximate surface area is 135 Å². The van der Waals surface area contributed by atoms with Gasteiger partial charge in [-0.15, -0.1) is 0 Å². The second kappa shape index (κ2) is 7.32. The zero-order valence-corrected chi connectivity index (χ0v) is 13.8. The number of aryl methyl sites for hydroxylation is 1. The number of benzene rings is 1. The number of carbonyl (C=O) groups excluding carboxylic acids is 1. The van der Waals surface area contributed by atoms with Crippen LogP contribution in [0.5, 0.6) is 5.75 Å². The van der Waals surface area contributed by atoms with Gasteiger partial charge in [0.2, 0.25) is 5.72 Å². The number of aliphatic carboxylic acids is 1. The molecule has 128 valence electrons. The van der Waals surface area contributed by atoms with Gasteiger partial charge in [0.15, 0.2) is 0 Å². The lowest BCUT2D eigenvalue weighted by atomic mass is 10.0. The number of aliphatic hydroxyl groups is 1. The maximum absolute atomic E-state index is 11.7. The Kier molecular flexibility index (Phi) is 5.98. The van der Waals surface area contributed by atoms with Crippen molar-refractivity contribution in [1.29, 1.82) is 0 Å². The molecule has 0 aliphatic carbocycles. The third-order valence-electron chi connectivity index (χ3n) is 3.00. The first-order chi connectivity index (χ1) is 10.6. The van der Waals surface area contributed by atoms with Gasteiger partial charge in [-0.1, -0.05) is 12.1 Å². The van der Waals surface area contributed by atoms with Gasteiger partial charge in [0, 0.05) is 6.42 Å². The SMILES string of the molecule is COc1ccc(CCC(O)(NC(=O)OC(C)(C)C)C(=O)O)cc1. The van der Waals surface area contributed by atoms with Crippen LogP contribution in [0, 0.1) is 0 Å². The Morgan fingerprint density at radius 1 is 1.17 bits per heavy atom. The number of hydrogen-bond donors (Lipinski definition) is 3. The normalized spacial score (nSPS) is 13.8. The molecule has 0 fully saturated rings. The van der Waals surface area contributed by atoms with Crippen molar-refractivity contribution in [3.8, 4) is 5.75 Å². The van der Waals surface area contributed by atoms with Gasteiger partial charge in [-0.3, -0.25) is 5.32 Å². The van der Waals surface area contributed by atoms with Gasteiger partial charge in [-0.25, -0.2) is 9.59 Å². The molecule has 0 spiro atoms. The molecule has 1 aromatic rings. The average molecular weight is 325 g/mol. The summed E-state index contributed by atoms with van der Waals surface area (Å²) in [4.78, 5) is 23.0. The number of amides is 1. The Morgan fingerprint density at radius 2 is 1.74 bits per heavy atom. The summed E-state index contributed by atoms with van der Waals surface area (Å²) in [5.74, 6) is -0.869. The van der Waals surface area contributed by atoms with Gasteiger partial charge < -0.3 is 19.7 Å². The third kappa shape index (κ3) is 6.15. The van der Waals surface area contributed by atoms with Crippen molar-refractivity contribution in [1.82, 2.24) is 5.32 Å². The molecule has 1 atom stereocenters. The maximum Gasteiger partial charge on any atom is 0.410 e. The molecule has 1 aromatic carbocycles. The van der Waals surface area contributed by atoms with Gasteiger partial charge in [0.1, 0.15) is 11.4 Å². The molecular weight excluding hydrogens is 302 g/mol. The molecule has 0 aromatic heterocycles. The number of rotatable bonds is 6. The Morgan fingerprint density at radius 3 is 2.17 bits per heavy atom. The average Bonchev–Trinajstić information content (AvgIpc) is 2.43. The van der Waals surface area contributed by atoms with Gasteiger partial charge >= 0.3 is 12.1 Å². The first kappa shape index (κ1) is 18.8. The number of hydrogen-bond acceptors (Lipinski definition) is 5. The number of methoxy groups -OCH3 is 1. The van der Waals surface area contributed by atoms with E-state index in [-0.39, 0.29) is 12.8 Å². The molecule has 0 radical (unpaired) electrons. The fourth-order valence-corrected chi connectivity index (χ4v) is 1.81. The van der Waals surface area contributed by atoms with Gasteiger partial charge in [-0.2, -0.15) is 0 Å². The molecule has 0 saturated heterocycles. The van der Waals surface area contributed by atoms with Crippen LogP contribution in [0.1, 0.15) is 32.8 Å². The van der Waals surface area contributed by atoms with Gasteiger partial charge in [0.05, 0.1) is 7.11 Å². The highest BCUT2D eigenvalue weighted by atomic mass is 16.6. The molecule has 1 amide bonds. The molecule has 1 rings (SSSR count). The number of carbonyl (C=O) groups is 2. The molecule has 7 nitrogen and oxygen atoms in total. The van der Waals surface area contributed by atoms with Crippen molar-refractivity contribution < 1.29 is 29.3 Å². The fourth-order valence-electron chi connectivity index (χ4n) is 1.81. The monoisotopic (exact) mass is 325 g/mol. The highest BCUT2D eigenvalue weighted by molar-refractivity contribution is 5.82. The van der Waals surface area contributed by atoms with Crippen molar-refractivity contribution in [3.05, 3.63) is 29.8 Å². The molecule has 0 saturated carbocycles. The number of carboxylic acids is 1. The largest absolute Gasteiger partial charge is 0.497 e. The number of alkyl carbamates (subject to hydrolysis) is 1. The zero-order valence-electron chi connectivity index (χ0n) is 13.8. The lowest BCUT2D eigenvalue weighted by Gasteiger charge is -2.27. The van der Waals surface area contributed by atoms with Crippen LogP contribution in [-0.2, 0) is 16.0 Å². The summed E-state index contributed by atoms with van der Waals surface area (Å²) in [5.41, 5.74) is -2.39. The Bertz CT molecular complexity index is 549. The van der Waals surface area contributed by atoms with E-state index in [9.17, 15) is 19.8 Å². The van der Waals surface area contributed by atoms with Crippen LogP contribution < -0.4 is 10.1 Å². The molecule has 3 N–H and O–H groups in total. The van der Waals surface area contributed by atoms with Crippen molar-refractivity contribution in [3.63, 3.8) is 0 Å². The third-order valence-corrected chi connectivity index (χ3v) is 3.00. The Balaban J connectivity index is 2.72. The van der Waals surface area contributed by atoms with E-state index in [0.717, 1.165) is 5.56 Å². The minimum Gasteiger partial charge on any atom is -0.497 e. The number of carboxylic acid groups (broad SMARTS) is 1. The van der Waals surface area contributed by atoms with E-state index in [2.05, 4.69) is 0 Å². The topological polar surface area (TPSA) is 105 Å². The van der Waals surface area contributed by atoms with Crippen molar-refractivity contribution >= 4 is 12.1 Å². The predicted molar refractivity (Wildman–Crippen MR) is 83.3 cm³/mol. The Hall–Kier alpha value is -2.28. The summed E-state index contributed by atoms with van der Waals surface area (Å²) in [5, 5.41) is 21.4. The molecular formula is C16H23NO6. The highest BCUT2D eigenvalue weighted by Gasteiger charge is 2.38. The number of nitrogens with one attached hydrogen (secondary N) is 1. The molecule has 1 unspecified atom stereocenters. The lowest BCUT2D eigenvalue weighted by molar-refractivity contribution is -0.162. The summed E-state index contributed by atoms with van der Waals surface area (Å²) in [6.07, 6.45) is -0.937. The van der Waals surface area contributed by atoms with Crippen LogP contribution >= 0.6 is 0 Å². The van der Waals surface area contributed by atoms with Crippen LogP contribution in [0.15, 0.2) is 24.3 Å². The van der Waals surface area contributed by atoms with E-state index in [0.29, 0.717) is 5.75 Å². The summed E-state index contributed by atoms with van der Waals surface area (Å²) >= 11 is 0.